The molecule has 1 amide bonds. The lowest BCUT2D eigenvalue weighted by Crippen LogP contribution is -2.65. The number of fused-ring (bicyclic) bond motifs is 1. The van der Waals surface area contributed by atoms with E-state index in [-0.39, 0.29) is 24.4 Å². The summed E-state index contributed by atoms with van der Waals surface area (Å²) in [6.45, 7) is 4.03. The van der Waals surface area contributed by atoms with E-state index in [1.54, 1.807) is 0 Å². The van der Waals surface area contributed by atoms with Gasteiger partial charge in [-0.3, -0.25) is 4.79 Å². The second-order valence-electron chi connectivity index (χ2n) is 5.82. The van der Waals surface area contributed by atoms with Crippen molar-refractivity contribution in [1.82, 2.24) is 5.32 Å². The predicted molar refractivity (Wildman–Crippen MR) is 65.2 cm³/mol. The fourth-order valence-electron chi connectivity index (χ4n) is 3.47. The third kappa shape index (κ3) is 2.31. The molecule has 1 aliphatic carbocycles. The Morgan fingerprint density at radius 2 is 2.28 bits per heavy atom. The van der Waals surface area contributed by atoms with Crippen molar-refractivity contribution in [2.45, 2.75) is 57.6 Å². The zero-order chi connectivity index (χ0) is 13.3. The highest BCUT2D eigenvalue weighted by atomic mass is 16.6. The number of hydrogen-bond acceptors (Lipinski definition) is 3. The summed E-state index contributed by atoms with van der Waals surface area (Å²) in [7, 11) is 0. The van der Waals surface area contributed by atoms with Crippen molar-refractivity contribution in [2.24, 2.45) is 11.8 Å². The lowest BCUT2D eigenvalue weighted by atomic mass is 9.66. The molecule has 18 heavy (non-hydrogen) atoms. The normalized spacial score (nSPS) is 35.6. The van der Waals surface area contributed by atoms with Crippen LogP contribution in [-0.2, 0) is 9.53 Å². The fraction of sp³-hybridized carbons (Fsp3) is 0.846. The van der Waals surface area contributed by atoms with E-state index in [2.05, 4.69) is 5.32 Å². The van der Waals surface area contributed by atoms with Crippen LogP contribution in [0.4, 0.5) is 4.79 Å². The molecule has 2 N–H and O–H groups in total. The number of amides is 1. The number of rotatable bonds is 3. The summed E-state index contributed by atoms with van der Waals surface area (Å²) in [5, 5.41) is 11.9. The van der Waals surface area contributed by atoms with E-state index in [9.17, 15) is 9.59 Å². The van der Waals surface area contributed by atoms with Crippen molar-refractivity contribution in [3.05, 3.63) is 0 Å². The topological polar surface area (TPSA) is 75.6 Å². The number of alkyl carbamates (subject to hydrolysis) is 1. The van der Waals surface area contributed by atoms with Crippen LogP contribution in [0.15, 0.2) is 0 Å². The van der Waals surface area contributed by atoms with Crippen LogP contribution >= 0.6 is 0 Å². The number of carbonyl (C=O) groups excluding carboxylic acids is 1. The summed E-state index contributed by atoms with van der Waals surface area (Å²) in [4.78, 5) is 22.8. The first-order chi connectivity index (χ1) is 8.44. The Morgan fingerprint density at radius 1 is 1.56 bits per heavy atom. The van der Waals surface area contributed by atoms with E-state index >= 15 is 0 Å². The molecule has 0 spiro atoms. The Hall–Kier alpha value is -1.26. The molecular weight excluding hydrogens is 234 g/mol. The number of carboxylic acids is 1. The highest BCUT2D eigenvalue weighted by molar-refractivity contribution is 5.74. The zero-order valence-corrected chi connectivity index (χ0v) is 10.9. The van der Waals surface area contributed by atoms with Crippen LogP contribution in [0.25, 0.3) is 0 Å². The van der Waals surface area contributed by atoms with Gasteiger partial charge in [0.05, 0.1) is 12.0 Å². The molecular formula is C13H21NO4. The monoisotopic (exact) mass is 255 g/mol. The van der Waals surface area contributed by atoms with E-state index in [4.69, 9.17) is 9.84 Å². The van der Waals surface area contributed by atoms with Crippen LogP contribution in [0.2, 0.25) is 0 Å². The zero-order valence-electron chi connectivity index (χ0n) is 10.9. The quantitative estimate of drug-likeness (QED) is 0.810. The van der Waals surface area contributed by atoms with Crippen LogP contribution in [0, 0.1) is 11.8 Å². The average molecular weight is 255 g/mol. The largest absolute Gasteiger partial charge is 0.481 e. The maximum atomic E-state index is 11.7. The Morgan fingerprint density at radius 3 is 2.89 bits per heavy atom. The molecule has 1 saturated carbocycles. The van der Waals surface area contributed by atoms with E-state index in [0.29, 0.717) is 0 Å². The molecule has 0 aromatic rings. The van der Waals surface area contributed by atoms with Crippen molar-refractivity contribution in [2.75, 3.05) is 0 Å². The average Bonchev–Trinajstić information content (AvgIpc) is 2.25. The Kier molecular flexibility index (Phi) is 3.50. The smallest absolute Gasteiger partial charge is 0.407 e. The van der Waals surface area contributed by atoms with Crippen molar-refractivity contribution >= 4 is 12.1 Å². The van der Waals surface area contributed by atoms with Crippen molar-refractivity contribution in [3.8, 4) is 0 Å². The number of nitrogens with one attached hydrogen (secondary N) is 1. The van der Waals surface area contributed by atoms with Crippen molar-refractivity contribution in [3.63, 3.8) is 0 Å². The van der Waals surface area contributed by atoms with Gasteiger partial charge in [-0.15, -0.1) is 0 Å². The summed E-state index contributed by atoms with van der Waals surface area (Å²) >= 11 is 0. The van der Waals surface area contributed by atoms with Gasteiger partial charge in [-0.25, -0.2) is 4.79 Å². The van der Waals surface area contributed by atoms with Gasteiger partial charge < -0.3 is 15.2 Å². The molecule has 1 aliphatic heterocycles. The molecule has 1 heterocycles. The second-order valence-corrected chi connectivity index (χ2v) is 5.82. The van der Waals surface area contributed by atoms with Gasteiger partial charge in [-0.2, -0.15) is 0 Å². The number of carbonyl (C=O) groups is 2. The third-order valence-electron chi connectivity index (χ3n) is 4.21. The van der Waals surface area contributed by atoms with Gasteiger partial charge in [0.15, 0.2) is 0 Å². The highest BCUT2D eigenvalue weighted by Gasteiger charge is 2.52. The number of hydrogen-bond donors (Lipinski definition) is 2. The van der Waals surface area contributed by atoms with Crippen molar-refractivity contribution in [1.29, 1.82) is 0 Å². The van der Waals surface area contributed by atoms with Crippen LogP contribution in [0.5, 0.6) is 0 Å². The number of aliphatic carboxylic acids is 1. The highest BCUT2D eigenvalue weighted by Crippen LogP contribution is 2.43. The van der Waals surface area contributed by atoms with Crippen LogP contribution in [0.1, 0.15) is 46.0 Å². The van der Waals surface area contributed by atoms with Gasteiger partial charge in [0.25, 0.3) is 0 Å². The first kappa shape index (κ1) is 13.2. The molecule has 3 atom stereocenters. The summed E-state index contributed by atoms with van der Waals surface area (Å²) in [5.74, 6) is -0.529. The summed E-state index contributed by atoms with van der Waals surface area (Å²) < 4.78 is 5.38. The lowest BCUT2D eigenvalue weighted by molar-refractivity contribution is -0.142. The summed E-state index contributed by atoms with van der Waals surface area (Å²) in [6.07, 6.45) is 3.07. The van der Waals surface area contributed by atoms with E-state index < -0.39 is 17.6 Å². The van der Waals surface area contributed by atoms with E-state index in [0.717, 1.165) is 25.7 Å². The summed E-state index contributed by atoms with van der Waals surface area (Å²) in [5.41, 5.74) is -0.603. The second kappa shape index (κ2) is 4.78. The number of cyclic esters (lactones) is 1. The van der Waals surface area contributed by atoms with Gasteiger partial charge in [-0.05, 0) is 18.8 Å². The number of carboxylic acid groups (broad SMARTS) is 1. The molecule has 5 nitrogen and oxygen atoms in total. The maximum Gasteiger partial charge on any atom is 0.407 e. The first-order valence-corrected chi connectivity index (χ1v) is 6.65. The first-order valence-electron chi connectivity index (χ1n) is 6.65. The molecule has 0 bridgehead atoms. The SMILES string of the molecule is CC(C)[C@@H]1OC(=O)N[C@@]2(CC(=O)O)CCCC[C@@H]12. The van der Waals surface area contributed by atoms with Crippen LogP contribution < -0.4 is 5.32 Å². The third-order valence-corrected chi connectivity index (χ3v) is 4.21. The lowest BCUT2D eigenvalue weighted by Gasteiger charge is -2.51. The Labute approximate surface area is 107 Å². The minimum atomic E-state index is -0.855. The molecule has 0 aromatic carbocycles. The Bertz CT molecular complexity index is 351. The molecule has 2 aliphatic rings. The minimum absolute atomic E-state index is 0.00398. The molecule has 1 saturated heterocycles. The molecule has 2 fully saturated rings. The number of ether oxygens (including phenoxy) is 1. The van der Waals surface area contributed by atoms with Gasteiger partial charge in [-0.1, -0.05) is 26.7 Å². The van der Waals surface area contributed by atoms with E-state index in [1.165, 1.54) is 0 Å². The fourth-order valence-corrected chi connectivity index (χ4v) is 3.47. The molecule has 2 rings (SSSR count). The van der Waals surface area contributed by atoms with Gasteiger partial charge in [0.2, 0.25) is 0 Å². The van der Waals surface area contributed by atoms with E-state index in [1.807, 2.05) is 13.8 Å². The van der Waals surface area contributed by atoms with Crippen LogP contribution in [-0.4, -0.2) is 28.8 Å². The molecule has 102 valence electrons. The molecule has 0 aromatic heterocycles. The van der Waals surface area contributed by atoms with Gasteiger partial charge >= 0.3 is 12.1 Å². The van der Waals surface area contributed by atoms with Crippen molar-refractivity contribution < 1.29 is 19.4 Å². The maximum absolute atomic E-state index is 11.7. The molecule has 5 heteroatoms. The summed E-state index contributed by atoms with van der Waals surface area (Å²) in [6, 6.07) is 0. The molecule has 0 unspecified atom stereocenters. The molecule has 0 radical (unpaired) electrons. The standard InChI is InChI=1S/C13H21NO4/c1-8(2)11-9-5-3-4-6-13(9,7-10(15)16)14-12(17)18-11/h8-9,11H,3-7H2,1-2H3,(H,14,17)(H,15,16)/t9-,11-,13+/m0/s1. The van der Waals surface area contributed by atoms with Gasteiger partial charge in [0.1, 0.15) is 6.10 Å². The predicted octanol–water partition coefficient (Wildman–Crippen LogP) is 2.15. The Balaban J connectivity index is 2.30. The minimum Gasteiger partial charge on any atom is -0.481 e. The van der Waals surface area contributed by atoms with Gasteiger partial charge in [0, 0.05) is 5.92 Å². The van der Waals surface area contributed by atoms with Crippen LogP contribution in [0.3, 0.4) is 0 Å².